The Balaban J connectivity index is 1.94. The maximum Gasteiger partial charge on any atom is 0.228 e. The van der Waals surface area contributed by atoms with E-state index < -0.39 is 0 Å². The summed E-state index contributed by atoms with van der Waals surface area (Å²) in [4.78, 5) is 0. The molecule has 2 aromatic heterocycles. The first-order chi connectivity index (χ1) is 12.3. The third-order valence-electron chi connectivity index (χ3n) is 5.51. The third-order valence-corrected chi connectivity index (χ3v) is 6.37. The fourth-order valence-electron chi connectivity index (χ4n) is 4.03. The molecule has 0 N–H and O–H groups in total. The highest BCUT2D eigenvalue weighted by atomic mass is 32.1. The highest BCUT2D eigenvalue weighted by Gasteiger charge is 2.31. The van der Waals surface area contributed by atoms with E-state index in [-0.39, 0.29) is 5.41 Å². The standard InChI is InChI=1S/C23H22NOS/c1-13-16-7-9-26-19(16)12-18-20(13)22-21-14(6-8-24(22)5)10-15(23(2,3)4)11-17(21)25-18/h6-12H,1-5H3/q+1. The number of thiophene rings is 1. The molecular formula is C23H22NOS+. The molecule has 0 saturated heterocycles. The number of aryl methyl sites for hydroxylation is 2. The SMILES string of the molecule is Cc1c2c(cc3sccc13)Oc1cc(C(C)(C)C)cc3cc[n+](C)c-2c13. The number of aromatic nitrogens is 1. The predicted molar refractivity (Wildman–Crippen MR) is 109 cm³/mol. The molecule has 0 atom stereocenters. The van der Waals surface area contributed by atoms with Gasteiger partial charge in [0.05, 0.1) is 10.9 Å². The van der Waals surface area contributed by atoms with Gasteiger partial charge < -0.3 is 4.74 Å². The summed E-state index contributed by atoms with van der Waals surface area (Å²) in [5, 5.41) is 5.95. The Morgan fingerprint density at radius 3 is 2.62 bits per heavy atom. The first kappa shape index (κ1) is 15.8. The summed E-state index contributed by atoms with van der Waals surface area (Å²) >= 11 is 1.77. The molecule has 0 saturated carbocycles. The number of ether oxygens (including phenoxy) is 1. The largest absolute Gasteiger partial charge is 0.455 e. The topological polar surface area (TPSA) is 13.1 Å². The van der Waals surface area contributed by atoms with Gasteiger partial charge in [-0.15, -0.1) is 11.3 Å². The number of benzene rings is 2. The van der Waals surface area contributed by atoms with Crippen LogP contribution in [0.3, 0.4) is 0 Å². The molecule has 3 heterocycles. The zero-order chi connectivity index (χ0) is 18.2. The number of fused-ring (bicyclic) bond motifs is 3. The predicted octanol–water partition coefficient (Wildman–Crippen LogP) is 6.26. The van der Waals surface area contributed by atoms with E-state index in [2.05, 4.69) is 81.2 Å². The van der Waals surface area contributed by atoms with Gasteiger partial charge in [0.25, 0.3) is 0 Å². The van der Waals surface area contributed by atoms with Crippen LogP contribution in [0.15, 0.2) is 41.9 Å². The van der Waals surface area contributed by atoms with Crippen molar-refractivity contribution in [3.05, 3.63) is 53.0 Å². The van der Waals surface area contributed by atoms with Gasteiger partial charge in [0.1, 0.15) is 18.5 Å². The molecule has 3 heteroatoms. The quantitative estimate of drug-likeness (QED) is 0.297. The van der Waals surface area contributed by atoms with Crippen molar-refractivity contribution < 1.29 is 9.30 Å². The average molecular weight is 361 g/mol. The van der Waals surface area contributed by atoms with Crippen LogP contribution < -0.4 is 9.30 Å². The molecule has 0 spiro atoms. The van der Waals surface area contributed by atoms with Gasteiger partial charge in [0.2, 0.25) is 5.69 Å². The van der Waals surface area contributed by atoms with Crippen LogP contribution in [0, 0.1) is 6.92 Å². The summed E-state index contributed by atoms with van der Waals surface area (Å²) < 4.78 is 10.0. The molecule has 2 aromatic carbocycles. The molecule has 130 valence electrons. The Bertz CT molecular complexity index is 1210. The van der Waals surface area contributed by atoms with Crippen molar-refractivity contribution in [2.24, 2.45) is 7.05 Å². The Morgan fingerprint density at radius 1 is 1.04 bits per heavy atom. The van der Waals surface area contributed by atoms with Crippen LogP contribution in [0.25, 0.3) is 32.1 Å². The number of nitrogens with zero attached hydrogens (tertiary/aromatic N) is 1. The summed E-state index contributed by atoms with van der Waals surface area (Å²) in [5.74, 6) is 1.94. The van der Waals surface area contributed by atoms with E-state index >= 15 is 0 Å². The molecule has 5 rings (SSSR count). The van der Waals surface area contributed by atoms with E-state index in [9.17, 15) is 0 Å². The fraction of sp³-hybridized carbons (Fsp3) is 0.261. The smallest absolute Gasteiger partial charge is 0.228 e. The monoisotopic (exact) mass is 360 g/mol. The average Bonchev–Trinajstić information content (AvgIpc) is 3.05. The van der Waals surface area contributed by atoms with Crippen molar-refractivity contribution in [1.82, 2.24) is 0 Å². The fourth-order valence-corrected chi connectivity index (χ4v) is 4.90. The van der Waals surface area contributed by atoms with Crippen LogP contribution >= 0.6 is 11.3 Å². The van der Waals surface area contributed by atoms with Gasteiger partial charge in [-0.05, 0) is 63.9 Å². The highest BCUT2D eigenvalue weighted by Crippen LogP contribution is 2.49. The molecule has 0 fully saturated rings. The van der Waals surface area contributed by atoms with Crippen LogP contribution in [0.5, 0.6) is 11.5 Å². The first-order valence-corrected chi connectivity index (χ1v) is 9.88. The second kappa shape index (κ2) is 5.08. The summed E-state index contributed by atoms with van der Waals surface area (Å²) in [6.45, 7) is 8.97. The Morgan fingerprint density at radius 2 is 1.85 bits per heavy atom. The van der Waals surface area contributed by atoms with E-state index in [4.69, 9.17) is 4.74 Å². The van der Waals surface area contributed by atoms with E-state index in [1.165, 1.54) is 43.2 Å². The van der Waals surface area contributed by atoms with Crippen molar-refractivity contribution in [3.8, 4) is 22.8 Å². The lowest BCUT2D eigenvalue weighted by Gasteiger charge is -2.25. The minimum Gasteiger partial charge on any atom is -0.455 e. The molecule has 0 unspecified atom stereocenters. The molecule has 1 aliphatic heterocycles. The highest BCUT2D eigenvalue weighted by molar-refractivity contribution is 7.17. The molecule has 26 heavy (non-hydrogen) atoms. The minimum absolute atomic E-state index is 0.0835. The summed E-state index contributed by atoms with van der Waals surface area (Å²) in [6, 6.07) is 11.2. The second-order valence-electron chi connectivity index (χ2n) is 8.27. The zero-order valence-electron chi connectivity index (χ0n) is 15.8. The maximum absolute atomic E-state index is 6.49. The summed E-state index contributed by atoms with van der Waals surface area (Å²) in [7, 11) is 2.13. The molecule has 4 aromatic rings. The van der Waals surface area contributed by atoms with Crippen molar-refractivity contribution in [2.45, 2.75) is 33.1 Å². The normalized spacial score (nSPS) is 13.1. The number of hydrogen-bond acceptors (Lipinski definition) is 2. The van der Waals surface area contributed by atoms with E-state index in [1.54, 1.807) is 11.3 Å². The summed E-state index contributed by atoms with van der Waals surface area (Å²) in [6.07, 6.45) is 2.17. The van der Waals surface area contributed by atoms with Crippen LogP contribution in [-0.2, 0) is 12.5 Å². The molecule has 0 bridgehead atoms. The maximum atomic E-state index is 6.49. The lowest BCUT2D eigenvalue weighted by molar-refractivity contribution is -0.659. The third kappa shape index (κ3) is 2.07. The van der Waals surface area contributed by atoms with Gasteiger partial charge in [0, 0.05) is 10.8 Å². The Labute approximate surface area is 157 Å². The number of rotatable bonds is 0. The lowest BCUT2D eigenvalue weighted by Crippen LogP contribution is -2.32. The molecule has 1 aliphatic rings. The van der Waals surface area contributed by atoms with Crippen LogP contribution in [0.4, 0.5) is 0 Å². The zero-order valence-corrected chi connectivity index (χ0v) is 16.6. The van der Waals surface area contributed by atoms with Crippen molar-refractivity contribution in [2.75, 3.05) is 0 Å². The lowest BCUT2D eigenvalue weighted by atomic mass is 9.84. The second-order valence-corrected chi connectivity index (χ2v) is 9.22. The molecule has 0 radical (unpaired) electrons. The molecule has 0 aliphatic carbocycles. The van der Waals surface area contributed by atoms with Crippen LogP contribution in [0.1, 0.15) is 31.9 Å². The first-order valence-electron chi connectivity index (χ1n) is 9.00. The molecule has 2 nitrogen and oxygen atoms in total. The van der Waals surface area contributed by atoms with E-state index in [1.807, 2.05) is 0 Å². The van der Waals surface area contributed by atoms with Gasteiger partial charge in [-0.25, -0.2) is 4.57 Å². The minimum atomic E-state index is 0.0835. The van der Waals surface area contributed by atoms with E-state index in [0.29, 0.717) is 0 Å². The number of hydrogen-bond donors (Lipinski definition) is 0. The van der Waals surface area contributed by atoms with Gasteiger partial charge in [-0.3, -0.25) is 0 Å². The summed E-state index contributed by atoms with van der Waals surface area (Å²) in [5.41, 5.74) is 5.16. The van der Waals surface area contributed by atoms with Gasteiger partial charge in [-0.2, -0.15) is 0 Å². The van der Waals surface area contributed by atoms with Crippen molar-refractivity contribution in [1.29, 1.82) is 0 Å². The van der Waals surface area contributed by atoms with Gasteiger partial charge >= 0.3 is 0 Å². The van der Waals surface area contributed by atoms with Crippen molar-refractivity contribution in [3.63, 3.8) is 0 Å². The van der Waals surface area contributed by atoms with E-state index in [0.717, 1.165) is 11.5 Å². The molecular weight excluding hydrogens is 338 g/mol. The van der Waals surface area contributed by atoms with Crippen LogP contribution in [-0.4, -0.2) is 0 Å². The van der Waals surface area contributed by atoms with Gasteiger partial charge in [-0.1, -0.05) is 20.8 Å². The van der Waals surface area contributed by atoms with Crippen LogP contribution in [0.2, 0.25) is 0 Å². The molecule has 0 amide bonds. The Kier molecular flexibility index (Phi) is 3.09. The Hall–Kier alpha value is -2.39. The van der Waals surface area contributed by atoms with Gasteiger partial charge in [0.15, 0.2) is 6.20 Å². The van der Waals surface area contributed by atoms with Crippen molar-refractivity contribution >= 4 is 32.2 Å². The number of pyridine rings is 1.